The number of methoxy groups -OCH3 is 2. The molecule has 0 saturated heterocycles. The van der Waals surface area contributed by atoms with E-state index in [0.29, 0.717) is 21.6 Å². The van der Waals surface area contributed by atoms with Crippen LogP contribution < -0.4 is 4.74 Å². The number of ether oxygens (including phenoxy) is 2. The number of esters is 1. The summed E-state index contributed by atoms with van der Waals surface area (Å²) in [6, 6.07) is 13.9. The molecule has 0 bridgehead atoms. The molecule has 0 aliphatic carbocycles. The van der Waals surface area contributed by atoms with Crippen molar-refractivity contribution in [2.45, 2.75) is 23.1 Å². The molecule has 0 aliphatic heterocycles. The third-order valence-corrected chi connectivity index (χ3v) is 7.36. The number of sulfonamides is 1. The van der Waals surface area contributed by atoms with Gasteiger partial charge in [0.1, 0.15) is 18.3 Å². The molecule has 2 aromatic carbocycles. The number of benzene rings is 2. The molecule has 0 aliphatic rings. The van der Waals surface area contributed by atoms with Crippen LogP contribution in [0.25, 0.3) is 0 Å². The first-order valence-electron chi connectivity index (χ1n) is 9.36. The smallest absolute Gasteiger partial charge is 0.324 e. The molecule has 0 saturated carbocycles. The lowest BCUT2D eigenvalue weighted by Crippen LogP contribution is -2.48. The Morgan fingerprint density at radius 3 is 2.26 bits per heavy atom. The number of thioether (sulfide) groups is 1. The molecular weight excluding hydrogens is 442 g/mol. The normalized spacial score (nSPS) is 12.4. The van der Waals surface area contributed by atoms with Gasteiger partial charge in [-0.15, -0.1) is 0 Å². The van der Waals surface area contributed by atoms with Gasteiger partial charge in [-0.05, 0) is 42.0 Å². The van der Waals surface area contributed by atoms with E-state index in [1.165, 1.54) is 43.1 Å². The van der Waals surface area contributed by atoms with Gasteiger partial charge in [-0.2, -0.15) is 16.1 Å². The third-order valence-electron chi connectivity index (χ3n) is 4.43. The first-order chi connectivity index (χ1) is 14.8. The Morgan fingerprint density at radius 1 is 1.06 bits per heavy atom. The van der Waals surface area contributed by atoms with Gasteiger partial charge in [0.2, 0.25) is 10.0 Å². The molecule has 2 rings (SSSR count). The van der Waals surface area contributed by atoms with Crippen molar-refractivity contribution < 1.29 is 32.6 Å². The second-order valence-electron chi connectivity index (χ2n) is 6.49. The van der Waals surface area contributed by atoms with Crippen molar-refractivity contribution in [2.24, 2.45) is 0 Å². The van der Waals surface area contributed by atoms with Crippen LogP contribution in [0.1, 0.15) is 12.0 Å². The summed E-state index contributed by atoms with van der Waals surface area (Å²) in [4.78, 5) is 23.7. The maximum Gasteiger partial charge on any atom is 0.324 e. The maximum absolute atomic E-state index is 13.2. The molecule has 0 aromatic heterocycles. The Hall–Kier alpha value is -2.56. The Morgan fingerprint density at radius 2 is 1.71 bits per heavy atom. The Bertz CT molecular complexity index is 963. The Kier molecular flexibility index (Phi) is 9.35. The zero-order valence-corrected chi connectivity index (χ0v) is 18.9. The molecule has 2 aromatic rings. The highest BCUT2D eigenvalue weighted by Gasteiger charge is 2.37. The number of hydrogen-bond donors (Lipinski definition) is 1. The lowest BCUT2D eigenvalue weighted by molar-refractivity contribution is -0.146. The summed E-state index contributed by atoms with van der Waals surface area (Å²) in [6.07, 6.45) is 0.104. The second-order valence-corrected chi connectivity index (χ2v) is 9.48. The monoisotopic (exact) mass is 467 g/mol. The topological polar surface area (TPSA) is 110 Å². The fourth-order valence-corrected chi connectivity index (χ4v) is 5.37. The minimum absolute atomic E-state index is 0.104. The van der Waals surface area contributed by atoms with Crippen LogP contribution in [0.4, 0.5) is 0 Å². The third kappa shape index (κ3) is 6.98. The van der Waals surface area contributed by atoms with Gasteiger partial charge in [-0.25, -0.2) is 8.42 Å². The SMILES string of the molecule is COC(=O)C(CCSCc1ccccc1)N(CC(=O)O)S(=O)(=O)c1ccc(OC)cc1. The maximum atomic E-state index is 13.2. The molecule has 1 unspecified atom stereocenters. The average Bonchev–Trinajstić information content (AvgIpc) is 2.78. The van der Waals surface area contributed by atoms with Gasteiger partial charge >= 0.3 is 11.9 Å². The first-order valence-corrected chi connectivity index (χ1v) is 12.0. The van der Waals surface area contributed by atoms with Gasteiger partial charge in [0.25, 0.3) is 0 Å². The zero-order valence-electron chi connectivity index (χ0n) is 17.3. The summed E-state index contributed by atoms with van der Waals surface area (Å²) in [5, 5.41) is 9.32. The van der Waals surface area contributed by atoms with E-state index in [9.17, 15) is 23.1 Å². The van der Waals surface area contributed by atoms with Crippen LogP contribution in [-0.2, 0) is 30.1 Å². The molecule has 0 amide bonds. The van der Waals surface area contributed by atoms with Gasteiger partial charge < -0.3 is 14.6 Å². The predicted octanol–water partition coefficient (Wildman–Crippen LogP) is 2.64. The number of hydrogen-bond acceptors (Lipinski definition) is 7. The molecule has 10 heteroatoms. The lowest BCUT2D eigenvalue weighted by atomic mass is 10.2. The molecule has 31 heavy (non-hydrogen) atoms. The molecule has 0 radical (unpaired) electrons. The van der Waals surface area contributed by atoms with E-state index in [4.69, 9.17) is 9.47 Å². The molecule has 1 atom stereocenters. The summed E-state index contributed by atoms with van der Waals surface area (Å²) in [5.41, 5.74) is 1.09. The molecule has 0 heterocycles. The van der Waals surface area contributed by atoms with Gasteiger partial charge in [0.15, 0.2) is 0 Å². The number of carboxylic acid groups (broad SMARTS) is 1. The van der Waals surface area contributed by atoms with E-state index in [2.05, 4.69) is 0 Å². The quantitative estimate of drug-likeness (QED) is 0.375. The summed E-state index contributed by atoms with van der Waals surface area (Å²) in [7, 11) is -1.69. The van der Waals surface area contributed by atoms with E-state index in [0.717, 1.165) is 12.7 Å². The van der Waals surface area contributed by atoms with Crippen LogP contribution >= 0.6 is 11.8 Å². The fraction of sp³-hybridized carbons (Fsp3) is 0.333. The predicted molar refractivity (Wildman–Crippen MR) is 118 cm³/mol. The molecule has 0 spiro atoms. The summed E-state index contributed by atoms with van der Waals surface area (Å²) < 4.78 is 36.9. The highest BCUT2D eigenvalue weighted by molar-refractivity contribution is 7.98. The summed E-state index contributed by atoms with van der Waals surface area (Å²) in [5.74, 6) is -0.617. The highest BCUT2D eigenvalue weighted by atomic mass is 32.2. The summed E-state index contributed by atoms with van der Waals surface area (Å²) in [6.45, 7) is -0.864. The van der Waals surface area contributed by atoms with E-state index in [1.807, 2.05) is 30.3 Å². The standard InChI is InChI=1S/C21H25NO7S2/c1-28-17-8-10-18(11-9-17)31(26,27)22(14-20(23)24)19(21(25)29-2)12-13-30-15-16-6-4-3-5-7-16/h3-11,19H,12-15H2,1-2H3,(H,23,24). The lowest BCUT2D eigenvalue weighted by Gasteiger charge is -2.27. The number of aliphatic carboxylic acids is 1. The van der Waals surface area contributed by atoms with E-state index >= 15 is 0 Å². The van der Waals surface area contributed by atoms with Gasteiger partial charge in [0.05, 0.1) is 19.1 Å². The molecular formula is C21H25NO7S2. The number of carbonyl (C=O) groups is 2. The van der Waals surface area contributed by atoms with Crippen molar-refractivity contribution >= 4 is 33.7 Å². The minimum Gasteiger partial charge on any atom is -0.497 e. The van der Waals surface area contributed by atoms with Crippen LogP contribution in [0, 0.1) is 0 Å². The molecule has 168 valence electrons. The van der Waals surface area contributed by atoms with Crippen molar-refractivity contribution in [2.75, 3.05) is 26.5 Å². The highest BCUT2D eigenvalue weighted by Crippen LogP contribution is 2.24. The van der Waals surface area contributed by atoms with Gasteiger partial charge in [0, 0.05) is 5.75 Å². The second kappa shape index (κ2) is 11.7. The Balaban J connectivity index is 2.23. The minimum atomic E-state index is -4.28. The Labute approximate surface area is 186 Å². The summed E-state index contributed by atoms with van der Waals surface area (Å²) >= 11 is 1.52. The number of carbonyl (C=O) groups excluding carboxylic acids is 1. The number of rotatable bonds is 12. The van der Waals surface area contributed by atoms with E-state index in [-0.39, 0.29) is 11.3 Å². The average molecular weight is 468 g/mol. The molecule has 1 N–H and O–H groups in total. The van der Waals surface area contributed by atoms with E-state index in [1.54, 1.807) is 0 Å². The van der Waals surface area contributed by atoms with Crippen LogP contribution in [-0.4, -0.2) is 62.3 Å². The van der Waals surface area contributed by atoms with Crippen molar-refractivity contribution in [3.05, 3.63) is 60.2 Å². The van der Waals surface area contributed by atoms with Crippen molar-refractivity contribution in [3.63, 3.8) is 0 Å². The van der Waals surface area contributed by atoms with E-state index < -0.39 is 34.5 Å². The van der Waals surface area contributed by atoms with Crippen LogP contribution in [0.5, 0.6) is 5.75 Å². The molecule has 0 fully saturated rings. The molecule has 8 nitrogen and oxygen atoms in total. The number of carboxylic acids is 1. The zero-order chi connectivity index (χ0) is 22.9. The van der Waals surface area contributed by atoms with Gasteiger partial charge in [-0.1, -0.05) is 30.3 Å². The fourth-order valence-electron chi connectivity index (χ4n) is 2.85. The van der Waals surface area contributed by atoms with Crippen LogP contribution in [0.3, 0.4) is 0 Å². The largest absolute Gasteiger partial charge is 0.497 e. The van der Waals surface area contributed by atoms with Gasteiger partial charge in [-0.3, -0.25) is 9.59 Å². The van der Waals surface area contributed by atoms with Crippen molar-refractivity contribution in [1.29, 1.82) is 0 Å². The van der Waals surface area contributed by atoms with Crippen LogP contribution in [0.15, 0.2) is 59.5 Å². The van der Waals surface area contributed by atoms with Crippen molar-refractivity contribution in [1.82, 2.24) is 4.31 Å². The first kappa shape index (κ1) is 24.7. The number of nitrogens with zero attached hydrogens (tertiary/aromatic N) is 1. The van der Waals surface area contributed by atoms with Crippen molar-refractivity contribution in [3.8, 4) is 5.75 Å². The van der Waals surface area contributed by atoms with Crippen LogP contribution in [0.2, 0.25) is 0 Å².